The Morgan fingerprint density at radius 2 is 1.80 bits per heavy atom. The van der Waals surface area contributed by atoms with Crippen molar-refractivity contribution in [2.45, 2.75) is 38.1 Å². The van der Waals surface area contributed by atoms with Crippen LogP contribution in [0.4, 0.5) is 11.5 Å². The summed E-state index contributed by atoms with van der Waals surface area (Å²) in [4.78, 5) is 23.2. The van der Waals surface area contributed by atoms with Crippen molar-refractivity contribution in [1.29, 1.82) is 0 Å². The molecule has 2 heterocycles. The average molecular weight is 356 g/mol. The van der Waals surface area contributed by atoms with E-state index in [9.17, 15) is 4.79 Å². The molecule has 0 aliphatic carbocycles. The lowest BCUT2D eigenvalue weighted by Crippen LogP contribution is -2.30. The maximum absolute atomic E-state index is 12.2. The number of carbonyl (C=O) groups excluding carboxylic acids is 1. The number of anilines is 2. The number of aromatic nitrogens is 2. The van der Waals surface area contributed by atoms with Crippen molar-refractivity contribution in [3.8, 4) is 0 Å². The van der Waals surface area contributed by atoms with Crippen molar-refractivity contribution in [2.24, 2.45) is 0 Å². The second-order valence-electron chi connectivity index (χ2n) is 6.48. The van der Waals surface area contributed by atoms with E-state index in [0.29, 0.717) is 5.75 Å². The van der Waals surface area contributed by atoms with Crippen LogP contribution in [0.25, 0.3) is 0 Å². The van der Waals surface area contributed by atoms with Crippen molar-refractivity contribution in [2.75, 3.05) is 29.1 Å². The van der Waals surface area contributed by atoms with Crippen molar-refractivity contribution < 1.29 is 4.79 Å². The molecular formula is C19H24N4OS. The third kappa shape index (κ3) is 5.19. The summed E-state index contributed by atoms with van der Waals surface area (Å²) in [6.45, 7) is 6.16. The standard InChI is InChI=1S/C19H24N4OS/c1-14-8-15(2)10-16(9-14)22-18(24)12-25-19-11-17(20-13-21-19)23-6-4-3-5-7-23/h8-11,13H,3-7,12H2,1-2H3,(H,22,24). The first kappa shape index (κ1) is 17.7. The van der Waals surface area contributed by atoms with E-state index < -0.39 is 0 Å². The van der Waals surface area contributed by atoms with Crippen LogP contribution in [0, 0.1) is 13.8 Å². The van der Waals surface area contributed by atoms with Gasteiger partial charge in [0.25, 0.3) is 0 Å². The highest BCUT2D eigenvalue weighted by molar-refractivity contribution is 7.99. The Hall–Kier alpha value is -2.08. The minimum Gasteiger partial charge on any atom is -0.356 e. The summed E-state index contributed by atoms with van der Waals surface area (Å²) < 4.78 is 0. The molecule has 2 aromatic rings. The monoisotopic (exact) mass is 356 g/mol. The quantitative estimate of drug-likeness (QED) is 0.652. The number of nitrogens with one attached hydrogen (secondary N) is 1. The number of benzene rings is 1. The van der Waals surface area contributed by atoms with Crippen LogP contribution in [0.5, 0.6) is 0 Å². The summed E-state index contributed by atoms with van der Waals surface area (Å²) in [6.07, 6.45) is 5.31. The molecule has 0 bridgehead atoms. The first-order chi connectivity index (χ1) is 12.1. The Morgan fingerprint density at radius 1 is 1.08 bits per heavy atom. The lowest BCUT2D eigenvalue weighted by Gasteiger charge is -2.27. The van der Waals surface area contributed by atoms with E-state index >= 15 is 0 Å². The Kier molecular flexibility index (Phi) is 5.91. The summed E-state index contributed by atoms with van der Waals surface area (Å²) in [5.74, 6) is 1.28. The highest BCUT2D eigenvalue weighted by Gasteiger charge is 2.13. The number of hydrogen-bond donors (Lipinski definition) is 1. The molecule has 0 atom stereocenters. The van der Waals surface area contributed by atoms with Gasteiger partial charge in [-0.15, -0.1) is 0 Å². The van der Waals surface area contributed by atoms with Crippen LogP contribution in [0.3, 0.4) is 0 Å². The zero-order chi connectivity index (χ0) is 17.6. The first-order valence-corrected chi connectivity index (χ1v) is 9.67. The largest absolute Gasteiger partial charge is 0.356 e. The van der Waals surface area contributed by atoms with E-state index in [1.54, 1.807) is 6.33 Å². The molecule has 0 radical (unpaired) electrons. The number of aryl methyl sites for hydroxylation is 2. The molecule has 6 heteroatoms. The maximum atomic E-state index is 12.2. The minimum atomic E-state index is -0.0202. The fourth-order valence-corrected chi connectivity index (χ4v) is 3.75. The summed E-state index contributed by atoms with van der Waals surface area (Å²) in [5, 5.41) is 3.80. The van der Waals surface area contributed by atoms with Crippen molar-refractivity contribution >= 4 is 29.2 Å². The summed E-state index contributed by atoms with van der Waals surface area (Å²) >= 11 is 1.44. The zero-order valence-electron chi connectivity index (χ0n) is 14.8. The molecule has 1 N–H and O–H groups in total. The van der Waals surface area contributed by atoms with Gasteiger partial charge in [0.2, 0.25) is 5.91 Å². The van der Waals surface area contributed by atoms with Crippen LogP contribution >= 0.6 is 11.8 Å². The summed E-state index contributed by atoms with van der Waals surface area (Å²) in [7, 11) is 0. The van der Waals surface area contributed by atoms with Gasteiger partial charge in [0.15, 0.2) is 0 Å². The second kappa shape index (κ2) is 8.34. The number of carbonyl (C=O) groups is 1. The van der Waals surface area contributed by atoms with Crippen LogP contribution < -0.4 is 10.2 Å². The Balaban J connectivity index is 1.56. The molecule has 0 saturated carbocycles. The van der Waals surface area contributed by atoms with Gasteiger partial charge in [0.05, 0.1) is 5.75 Å². The Bertz CT molecular complexity index is 724. The van der Waals surface area contributed by atoms with Crippen molar-refractivity contribution in [1.82, 2.24) is 9.97 Å². The smallest absolute Gasteiger partial charge is 0.234 e. The highest BCUT2D eigenvalue weighted by atomic mass is 32.2. The van der Waals surface area contributed by atoms with Crippen LogP contribution in [0.2, 0.25) is 0 Å². The topological polar surface area (TPSA) is 58.1 Å². The average Bonchev–Trinajstić information content (AvgIpc) is 2.60. The lowest BCUT2D eigenvalue weighted by molar-refractivity contribution is -0.113. The van der Waals surface area contributed by atoms with E-state index in [-0.39, 0.29) is 5.91 Å². The molecule has 25 heavy (non-hydrogen) atoms. The van der Waals surface area contributed by atoms with Gasteiger partial charge in [-0.05, 0) is 56.4 Å². The van der Waals surface area contributed by atoms with Gasteiger partial charge in [-0.2, -0.15) is 0 Å². The second-order valence-corrected chi connectivity index (χ2v) is 7.47. The third-order valence-corrected chi connectivity index (χ3v) is 5.09. The molecule has 1 aromatic heterocycles. The van der Waals surface area contributed by atoms with E-state index in [1.165, 1.54) is 31.0 Å². The molecule has 1 saturated heterocycles. The number of amides is 1. The van der Waals surface area contributed by atoms with E-state index in [0.717, 1.165) is 40.7 Å². The third-order valence-electron chi connectivity index (χ3n) is 4.16. The number of piperidine rings is 1. The van der Waals surface area contributed by atoms with E-state index in [4.69, 9.17) is 0 Å². The van der Waals surface area contributed by atoms with E-state index in [2.05, 4.69) is 26.3 Å². The number of rotatable bonds is 5. The number of hydrogen-bond acceptors (Lipinski definition) is 5. The summed E-state index contributed by atoms with van der Waals surface area (Å²) in [6, 6.07) is 8.04. The molecule has 3 rings (SSSR count). The van der Waals surface area contributed by atoms with Crippen LogP contribution in [0.1, 0.15) is 30.4 Å². The van der Waals surface area contributed by atoms with Crippen LogP contribution in [-0.4, -0.2) is 34.7 Å². The SMILES string of the molecule is Cc1cc(C)cc(NC(=O)CSc2cc(N3CCCCC3)ncn2)c1. The molecule has 132 valence electrons. The number of thioether (sulfide) groups is 1. The highest BCUT2D eigenvalue weighted by Crippen LogP contribution is 2.22. The molecule has 1 aliphatic rings. The van der Waals surface area contributed by atoms with Gasteiger partial charge < -0.3 is 10.2 Å². The van der Waals surface area contributed by atoms with E-state index in [1.807, 2.05) is 32.0 Å². The minimum absolute atomic E-state index is 0.0202. The van der Waals surface area contributed by atoms with Crippen molar-refractivity contribution in [3.05, 3.63) is 41.7 Å². The van der Waals surface area contributed by atoms with Gasteiger partial charge in [0.1, 0.15) is 17.2 Å². The van der Waals surface area contributed by atoms with Crippen LogP contribution in [0.15, 0.2) is 35.6 Å². The maximum Gasteiger partial charge on any atom is 0.234 e. The summed E-state index contributed by atoms with van der Waals surface area (Å²) in [5.41, 5.74) is 3.13. The van der Waals surface area contributed by atoms with Gasteiger partial charge in [-0.25, -0.2) is 9.97 Å². The fourth-order valence-electron chi connectivity index (χ4n) is 3.09. The molecular weight excluding hydrogens is 332 g/mol. The molecule has 1 amide bonds. The predicted molar refractivity (Wildman–Crippen MR) is 103 cm³/mol. The van der Waals surface area contributed by atoms with Crippen molar-refractivity contribution in [3.63, 3.8) is 0 Å². The van der Waals surface area contributed by atoms with Gasteiger partial charge in [-0.3, -0.25) is 4.79 Å². The molecule has 1 aliphatic heterocycles. The van der Waals surface area contributed by atoms with Gasteiger partial charge >= 0.3 is 0 Å². The van der Waals surface area contributed by atoms with Gasteiger partial charge in [0, 0.05) is 24.8 Å². The van der Waals surface area contributed by atoms with Crippen LogP contribution in [-0.2, 0) is 4.79 Å². The predicted octanol–water partition coefficient (Wildman–Crippen LogP) is 3.81. The Labute approximate surface area is 153 Å². The molecule has 0 unspecified atom stereocenters. The zero-order valence-corrected chi connectivity index (χ0v) is 15.6. The first-order valence-electron chi connectivity index (χ1n) is 8.68. The molecule has 1 fully saturated rings. The lowest BCUT2D eigenvalue weighted by atomic mass is 10.1. The Morgan fingerprint density at radius 3 is 2.52 bits per heavy atom. The molecule has 0 spiro atoms. The fraction of sp³-hybridized carbons (Fsp3) is 0.421. The van der Waals surface area contributed by atoms with Gasteiger partial charge in [-0.1, -0.05) is 17.8 Å². The molecule has 1 aromatic carbocycles. The number of nitrogens with zero attached hydrogens (tertiary/aromatic N) is 3. The normalized spacial score (nSPS) is 14.4. The molecule has 5 nitrogen and oxygen atoms in total.